The van der Waals surface area contributed by atoms with Gasteiger partial charge >= 0.3 is 0 Å². The smallest absolute Gasteiger partial charge is 0.251 e. The Morgan fingerprint density at radius 1 is 1.45 bits per heavy atom. The number of nitrogens with zero attached hydrogens (tertiary/aromatic N) is 1. The van der Waals surface area contributed by atoms with E-state index in [1.165, 1.54) is 0 Å². The fraction of sp³-hybridized carbons (Fsp3) is 0.600. The first-order chi connectivity index (χ1) is 9.69. The van der Waals surface area contributed by atoms with Crippen LogP contribution in [0.25, 0.3) is 0 Å². The van der Waals surface area contributed by atoms with Crippen molar-refractivity contribution in [1.82, 2.24) is 10.3 Å². The lowest BCUT2D eigenvalue weighted by atomic mass is 10.0. The summed E-state index contributed by atoms with van der Waals surface area (Å²) in [5, 5.41) is 2.99. The molecule has 5 nitrogen and oxygen atoms in total. The number of hydrogen-bond donors (Lipinski definition) is 2. The van der Waals surface area contributed by atoms with Gasteiger partial charge in [0.1, 0.15) is 5.82 Å². The number of carbonyl (C=O) groups is 1. The van der Waals surface area contributed by atoms with Crippen molar-refractivity contribution in [3.63, 3.8) is 0 Å². The number of amides is 1. The van der Waals surface area contributed by atoms with E-state index in [9.17, 15) is 4.79 Å². The normalized spacial score (nSPS) is 16.1. The van der Waals surface area contributed by atoms with Gasteiger partial charge in [0.2, 0.25) is 0 Å². The van der Waals surface area contributed by atoms with Crippen molar-refractivity contribution < 1.29 is 9.53 Å². The van der Waals surface area contributed by atoms with Gasteiger partial charge in [-0.1, -0.05) is 13.3 Å². The van der Waals surface area contributed by atoms with Crippen molar-refractivity contribution in [2.24, 2.45) is 5.92 Å². The van der Waals surface area contributed by atoms with Crippen molar-refractivity contribution in [2.45, 2.75) is 32.6 Å². The first-order valence-corrected chi connectivity index (χ1v) is 7.31. The molecule has 0 unspecified atom stereocenters. The molecule has 0 spiro atoms. The van der Waals surface area contributed by atoms with Gasteiger partial charge in [-0.15, -0.1) is 0 Å². The Balaban J connectivity index is 1.93. The van der Waals surface area contributed by atoms with Gasteiger partial charge in [0.15, 0.2) is 0 Å². The van der Waals surface area contributed by atoms with Crippen LogP contribution >= 0.6 is 0 Å². The zero-order valence-electron chi connectivity index (χ0n) is 12.0. The summed E-state index contributed by atoms with van der Waals surface area (Å²) in [5.74, 6) is 0.858. The van der Waals surface area contributed by atoms with Crippen LogP contribution < -0.4 is 11.1 Å². The fourth-order valence-corrected chi connectivity index (χ4v) is 2.42. The fourth-order valence-electron chi connectivity index (χ4n) is 2.42. The summed E-state index contributed by atoms with van der Waals surface area (Å²) >= 11 is 0. The molecule has 5 heteroatoms. The highest BCUT2D eigenvalue weighted by Crippen LogP contribution is 2.14. The Labute approximate surface area is 119 Å². The Kier molecular flexibility index (Phi) is 5.35. The summed E-state index contributed by atoms with van der Waals surface area (Å²) in [5.41, 5.74) is 7.24. The first-order valence-electron chi connectivity index (χ1n) is 7.31. The molecule has 1 amide bonds. The van der Waals surface area contributed by atoms with Crippen molar-refractivity contribution >= 4 is 11.7 Å². The molecule has 1 fully saturated rings. The maximum Gasteiger partial charge on any atom is 0.251 e. The highest BCUT2D eigenvalue weighted by atomic mass is 16.5. The van der Waals surface area contributed by atoms with Gasteiger partial charge in [0, 0.05) is 31.0 Å². The molecule has 2 rings (SSSR count). The molecule has 0 radical (unpaired) electrons. The minimum absolute atomic E-state index is 0.0667. The Morgan fingerprint density at radius 3 is 2.90 bits per heavy atom. The lowest BCUT2D eigenvalue weighted by Crippen LogP contribution is -2.32. The first kappa shape index (κ1) is 14.8. The third kappa shape index (κ3) is 4.20. The van der Waals surface area contributed by atoms with Gasteiger partial charge in [-0.05, 0) is 37.3 Å². The van der Waals surface area contributed by atoms with Crippen molar-refractivity contribution in [2.75, 3.05) is 25.5 Å². The summed E-state index contributed by atoms with van der Waals surface area (Å²) in [7, 11) is 0. The van der Waals surface area contributed by atoms with E-state index in [1.807, 2.05) is 6.07 Å². The number of anilines is 1. The van der Waals surface area contributed by atoms with Crippen molar-refractivity contribution in [3.05, 3.63) is 23.4 Å². The number of aromatic nitrogens is 1. The van der Waals surface area contributed by atoms with Gasteiger partial charge in [-0.2, -0.15) is 0 Å². The van der Waals surface area contributed by atoms with E-state index >= 15 is 0 Å². The molecular weight excluding hydrogens is 254 g/mol. The average molecular weight is 277 g/mol. The monoisotopic (exact) mass is 277 g/mol. The summed E-state index contributed by atoms with van der Waals surface area (Å²) in [6.45, 7) is 4.37. The number of rotatable bonds is 5. The number of hydrogen-bond acceptors (Lipinski definition) is 4. The standard InChI is InChI=1S/C15H23N3O2/c1-2-3-13-8-12(9-14(16)18-13)15(19)17-10-11-4-6-20-7-5-11/h8-9,11H,2-7,10H2,1H3,(H2,16,18)(H,17,19). The predicted octanol–water partition coefficient (Wildman–Crippen LogP) is 1.77. The second-order valence-corrected chi connectivity index (χ2v) is 5.29. The van der Waals surface area contributed by atoms with Crippen LogP contribution in [0, 0.1) is 5.92 Å². The highest BCUT2D eigenvalue weighted by molar-refractivity contribution is 5.94. The number of carbonyl (C=O) groups excluding carboxylic acids is 1. The average Bonchev–Trinajstić information content (AvgIpc) is 2.45. The molecule has 0 bridgehead atoms. The predicted molar refractivity (Wildman–Crippen MR) is 78.5 cm³/mol. The molecule has 20 heavy (non-hydrogen) atoms. The summed E-state index contributed by atoms with van der Waals surface area (Å²) in [6.07, 6.45) is 3.85. The van der Waals surface area contributed by atoms with Crippen LogP contribution in [-0.2, 0) is 11.2 Å². The lowest BCUT2D eigenvalue weighted by molar-refractivity contribution is 0.0642. The maximum absolute atomic E-state index is 12.2. The molecule has 0 saturated carbocycles. The van der Waals surface area contributed by atoms with E-state index in [1.54, 1.807) is 6.07 Å². The number of nitrogens with one attached hydrogen (secondary N) is 1. The van der Waals surface area contributed by atoms with E-state index in [2.05, 4.69) is 17.2 Å². The van der Waals surface area contributed by atoms with Crippen LogP contribution in [0.15, 0.2) is 12.1 Å². The van der Waals surface area contributed by atoms with Crippen LogP contribution in [-0.4, -0.2) is 30.6 Å². The van der Waals surface area contributed by atoms with Gasteiger partial charge < -0.3 is 15.8 Å². The molecule has 0 atom stereocenters. The van der Waals surface area contributed by atoms with Crippen LogP contribution in [0.4, 0.5) is 5.82 Å². The van der Waals surface area contributed by atoms with Gasteiger partial charge in [-0.3, -0.25) is 4.79 Å². The molecule has 0 aliphatic carbocycles. The third-order valence-electron chi connectivity index (χ3n) is 3.56. The SMILES string of the molecule is CCCc1cc(C(=O)NCC2CCOCC2)cc(N)n1. The minimum Gasteiger partial charge on any atom is -0.384 e. The summed E-state index contributed by atoms with van der Waals surface area (Å²) in [6, 6.07) is 3.47. The second kappa shape index (κ2) is 7.24. The van der Waals surface area contributed by atoms with Crippen LogP contribution in [0.2, 0.25) is 0 Å². The van der Waals surface area contributed by atoms with E-state index in [-0.39, 0.29) is 5.91 Å². The van der Waals surface area contributed by atoms with E-state index in [0.29, 0.717) is 23.8 Å². The quantitative estimate of drug-likeness (QED) is 0.860. The molecule has 3 N–H and O–H groups in total. The number of aryl methyl sites for hydroxylation is 1. The molecule has 1 saturated heterocycles. The molecular formula is C15H23N3O2. The number of ether oxygens (including phenoxy) is 1. The van der Waals surface area contributed by atoms with Gasteiger partial charge in [0.05, 0.1) is 0 Å². The van der Waals surface area contributed by atoms with Gasteiger partial charge in [0.25, 0.3) is 5.91 Å². The number of nitrogens with two attached hydrogens (primary N) is 1. The van der Waals surface area contributed by atoms with E-state index in [4.69, 9.17) is 10.5 Å². The topological polar surface area (TPSA) is 77.2 Å². The zero-order valence-corrected chi connectivity index (χ0v) is 12.0. The third-order valence-corrected chi connectivity index (χ3v) is 3.56. The molecule has 0 aromatic carbocycles. The zero-order chi connectivity index (χ0) is 14.4. The van der Waals surface area contributed by atoms with Crippen molar-refractivity contribution in [3.8, 4) is 0 Å². The van der Waals surface area contributed by atoms with Crippen LogP contribution in [0.1, 0.15) is 42.2 Å². The molecule has 1 aromatic heterocycles. The molecule has 1 aliphatic heterocycles. The Hall–Kier alpha value is -1.62. The highest BCUT2D eigenvalue weighted by Gasteiger charge is 2.15. The molecule has 1 aliphatic rings. The summed E-state index contributed by atoms with van der Waals surface area (Å²) < 4.78 is 5.31. The second-order valence-electron chi connectivity index (χ2n) is 5.29. The van der Waals surface area contributed by atoms with E-state index < -0.39 is 0 Å². The van der Waals surface area contributed by atoms with Crippen LogP contribution in [0.5, 0.6) is 0 Å². The number of pyridine rings is 1. The molecule has 110 valence electrons. The minimum atomic E-state index is -0.0667. The Morgan fingerprint density at radius 2 is 2.20 bits per heavy atom. The molecule has 2 heterocycles. The number of nitrogen functional groups attached to an aromatic ring is 1. The van der Waals surface area contributed by atoms with Gasteiger partial charge in [-0.25, -0.2) is 4.98 Å². The molecule has 1 aromatic rings. The van der Waals surface area contributed by atoms with Crippen LogP contribution in [0.3, 0.4) is 0 Å². The maximum atomic E-state index is 12.2. The van der Waals surface area contributed by atoms with E-state index in [0.717, 1.165) is 44.6 Å². The Bertz CT molecular complexity index is 456. The summed E-state index contributed by atoms with van der Waals surface area (Å²) in [4.78, 5) is 16.4. The lowest BCUT2D eigenvalue weighted by Gasteiger charge is -2.22. The largest absolute Gasteiger partial charge is 0.384 e. The van der Waals surface area contributed by atoms with Crippen molar-refractivity contribution in [1.29, 1.82) is 0 Å².